The molecule has 0 saturated heterocycles. The second kappa shape index (κ2) is 7.00. The summed E-state index contributed by atoms with van der Waals surface area (Å²) in [6, 6.07) is 8.72. The molecule has 0 fully saturated rings. The van der Waals surface area contributed by atoms with Gasteiger partial charge in [0, 0.05) is 5.56 Å². The minimum atomic E-state index is -1.25. The molecule has 0 bridgehead atoms. The number of hydrogen-bond acceptors (Lipinski definition) is 2. The summed E-state index contributed by atoms with van der Waals surface area (Å²) >= 11 is 2.91. The van der Waals surface area contributed by atoms with Crippen molar-refractivity contribution in [2.45, 2.75) is 19.4 Å². The third-order valence-electron chi connectivity index (χ3n) is 2.98. The summed E-state index contributed by atoms with van der Waals surface area (Å²) in [7, 11) is 0. The zero-order chi connectivity index (χ0) is 15.4. The largest absolute Gasteiger partial charge is 0.494 e. The van der Waals surface area contributed by atoms with Gasteiger partial charge in [0.2, 0.25) is 0 Å². The number of rotatable bonds is 5. The lowest BCUT2D eigenvalue weighted by molar-refractivity contribution is 0.213. The van der Waals surface area contributed by atoms with Crippen LogP contribution < -0.4 is 4.74 Å². The standard InChI is InChI=1S/C16H15BrF2O2/c1-2-6-21-11-5-3-4-10(7-11)16(20)12-8-15(19)13(17)9-14(12)18/h3-5,7-9,16,20H,2,6H2,1H3. The summed E-state index contributed by atoms with van der Waals surface area (Å²) in [6.45, 7) is 2.54. The van der Waals surface area contributed by atoms with Crippen LogP contribution in [0.5, 0.6) is 5.75 Å². The molecule has 0 amide bonds. The van der Waals surface area contributed by atoms with Crippen LogP contribution >= 0.6 is 15.9 Å². The minimum absolute atomic E-state index is 0.0241. The van der Waals surface area contributed by atoms with Crippen LogP contribution in [0.4, 0.5) is 8.78 Å². The lowest BCUT2D eigenvalue weighted by Crippen LogP contribution is -2.04. The summed E-state index contributed by atoms with van der Waals surface area (Å²) < 4.78 is 32.9. The molecule has 0 radical (unpaired) electrons. The summed E-state index contributed by atoms with van der Waals surface area (Å²) in [6.07, 6.45) is -0.392. The van der Waals surface area contributed by atoms with E-state index in [0.717, 1.165) is 18.6 Å². The Hall–Kier alpha value is -1.46. The SMILES string of the molecule is CCCOc1cccc(C(O)c2cc(F)c(Br)cc2F)c1. The molecular formula is C16H15BrF2O2. The van der Waals surface area contributed by atoms with Crippen molar-refractivity contribution in [3.8, 4) is 5.75 Å². The first-order valence-corrected chi connectivity index (χ1v) is 7.37. The van der Waals surface area contributed by atoms with Crippen molar-refractivity contribution >= 4 is 15.9 Å². The Labute approximate surface area is 130 Å². The van der Waals surface area contributed by atoms with Crippen molar-refractivity contribution in [2.75, 3.05) is 6.61 Å². The van der Waals surface area contributed by atoms with E-state index < -0.39 is 17.7 Å². The zero-order valence-electron chi connectivity index (χ0n) is 11.4. The molecule has 2 aromatic carbocycles. The van der Waals surface area contributed by atoms with Crippen molar-refractivity contribution in [1.82, 2.24) is 0 Å². The lowest BCUT2D eigenvalue weighted by atomic mass is 10.0. The molecule has 0 spiro atoms. The molecule has 5 heteroatoms. The first-order chi connectivity index (χ1) is 10.0. The van der Waals surface area contributed by atoms with Gasteiger partial charge in [0.25, 0.3) is 0 Å². The van der Waals surface area contributed by atoms with E-state index in [-0.39, 0.29) is 10.0 Å². The third-order valence-corrected chi connectivity index (χ3v) is 3.59. The Morgan fingerprint density at radius 1 is 1.19 bits per heavy atom. The van der Waals surface area contributed by atoms with Gasteiger partial charge in [-0.15, -0.1) is 0 Å². The number of hydrogen-bond donors (Lipinski definition) is 1. The highest BCUT2D eigenvalue weighted by molar-refractivity contribution is 9.10. The average Bonchev–Trinajstić information content (AvgIpc) is 2.48. The molecule has 2 rings (SSSR count). The summed E-state index contributed by atoms with van der Waals surface area (Å²) in [4.78, 5) is 0. The van der Waals surface area contributed by atoms with E-state index in [1.165, 1.54) is 0 Å². The van der Waals surface area contributed by atoms with Crippen LogP contribution in [0.1, 0.15) is 30.6 Å². The number of aliphatic hydroxyl groups is 1. The Bertz CT molecular complexity index is 632. The maximum absolute atomic E-state index is 13.9. The van der Waals surface area contributed by atoms with E-state index in [1.54, 1.807) is 24.3 Å². The molecule has 2 aromatic rings. The highest BCUT2D eigenvalue weighted by Crippen LogP contribution is 2.29. The Morgan fingerprint density at radius 3 is 2.67 bits per heavy atom. The molecule has 1 atom stereocenters. The predicted molar refractivity (Wildman–Crippen MR) is 80.3 cm³/mol. The molecule has 1 unspecified atom stereocenters. The van der Waals surface area contributed by atoms with Gasteiger partial charge >= 0.3 is 0 Å². The molecular weight excluding hydrogens is 342 g/mol. The average molecular weight is 357 g/mol. The zero-order valence-corrected chi connectivity index (χ0v) is 13.0. The van der Waals surface area contributed by atoms with Crippen molar-refractivity contribution in [1.29, 1.82) is 0 Å². The predicted octanol–water partition coefficient (Wildman–Crippen LogP) is 4.60. The van der Waals surface area contributed by atoms with Gasteiger partial charge in [0.05, 0.1) is 11.1 Å². The highest BCUT2D eigenvalue weighted by atomic mass is 79.9. The second-order valence-electron chi connectivity index (χ2n) is 4.61. The molecule has 0 aromatic heterocycles. The molecule has 0 aliphatic heterocycles. The molecule has 0 saturated carbocycles. The van der Waals surface area contributed by atoms with Crippen molar-refractivity contribution < 1.29 is 18.6 Å². The van der Waals surface area contributed by atoms with Crippen molar-refractivity contribution in [2.24, 2.45) is 0 Å². The molecule has 2 nitrogen and oxygen atoms in total. The molecule has 1 N–H and O–H groups in total. The quantitative estimate of drug-likeness (QED) is 0.793. The fourth-order valence-corrected chi connectivity index (χ4v) is 2.24. The first-order valence-electron chi connectivity index (χ1n) is 6.58. The minimum Gasteiger partial charge on any atom is -0.494 e. The summed E-state index contributed by atoms with van der Waals surface area (Å²) in [5.74, 6) is -0.703. The Kier molecular flexibility index (Phi) is 5.31. The lowest BCUT2D eigenvalue weighted by Gasteiger charge is -2.14. The Balaban J connectivity index is 2.31. The van der Waals surface area contributed by atoms with Crippen LogP contribution in [0.15, 0.2) is 40.9 Å². The number of benzene rings is 2. The van der Waals surface area contributed by atoms with Crippen LogP contribution in [0.3, 0.4) is 0 Å². The van der Waals surface area contributed by atoms with E-state index in [9.17, 15) is 13.9 Å². The van der Waals surface area contributed by atoms with E-state index in [1.807, 2.05) is 6.92 Å². The normalized spacial score (nSPS) is 12.2. The van der Waals surface area contributed by atoms with Gasteiger partial charge in [-0.3, -0.25) is 0 Å². The summed E-state index contributed by atoms with van der Waals surface area (Å²) in [5.41, 5.74) is 0.340. The van der Waals surface area contributed by atoms with E-state index in [0.29, 0.717) is 17.9 Å². The highest BCUT2D eigenvalue weighted by Gasteiger charge is 2.18. The molecule has 0 aliphatic rings. The van der Waals surface area contributed by atoms with Crippen LogP contribution in [0.2, 0.25) is 0 Å². The van der Waals surface area contributed by atoms with E-state index in [2.05, 4.69) is 15.9 Å². The van der Waals surface area contributed by atoms with Gasteiger partial charge in [0.1, 0.15) is 23.5 Å². The van der Waals surface area contributed by atoms with Crippen molar-refractivity contribution in [3.63, 3.8) is 0 Å². The van der Waals surface area contributed by atoms with Crippen molar-refractivity contribution in [3.05, 3.63) is 63.6 Å². The van der Waals surface area contributed by atoms with E-state index in [4.69, 9.17) is 4.74 Å². The van der Waals surface area contributed by atoms with Gasteiger partial charge in [0.15, 0.2) is 0 Å². The molecule has 0 aliphatic carbocycles. The van der Waals surface area contributed by atoms with Crippen LogP contribution in [-0.2, 0) is 0 Å². The van der Waals surface area contributed by atoms with E-state index >= 15 is 0 Å². The molecule has 112 valence electrons. The third kappa shape index (κ3) is 3.80. The van der Waals surface area contributed by atoms with Gasteiger partial charge in [-0.2, -0.15) is 0 Å². The topological polar surface area (TPSA) is 29.5 Å². The number of aliphatic hydroxyl groups excluding tert-OH is 1. The fraction of sp³-hybridized carbons (Fsp3) is 0.250. The Morgan fingerprint density at radius 2 is 1.95 bits per heavy atom. The number of ether oxygens (including phenoxy) is 1. The van der Waals surface area contributed by atoms with Gasteiger partial charge in [-0.1, -0.05) is 19.1 Å². The first kappa shape index (κ1) is 15.9. The van der Waals surface area contributed by atoms with Crippen LogP contribution in [0, 0.1) is 11.6 Å². The molecule has 0 heterocycles. The maximum Gasteiger partial charge on any atom is 0.137 e. The van der Waals surface area contributed by atoms with Gasteiger partial charge in [-0.25, -0.2) is 8.78 Å². The monoisotopic (exact) mass is 356 g/mol. The van der Waals surface area contributed by atoms with Crippen LogP contribution in [-0.4, -0.2) is 11.7 Å². The summed E-state index contributed by atoms with van der Waals surface area (Å²) in [5, 5.41) is 10.3. The molecule has 21 heavy (non-hydrogen) atoms. The van der Waals surface area contributed by atoms with Gasteiger partial charge in [-0.05, 0) is 52.2 Å². The van der Waals surface area contributed by atoms with Gasteiger partial charge < -0.3 is 9.84 Å². The number of halogens is 3. The maximum atomic E-state index is 13.9. The smallest absolute Gasteiger partial charge is 0.137 e. The van der Waals surface area contributed by atoms with Crippen LogP contribution in [0.25, 0.3) is 0 Å². The second-order valence-corrected chi connectivity index (χ2v) is 5.47. The fourth-order valence-electron chi connectivity index (χ4n) is 1.92.